The van der Waals surface area contributed by atoms with Crippen LogP contribution in [0.1, 0.15) is 108 Å². The fourth-order valence-corrected chi connectivity index (χ4v) is 6.60. The normalized spacial score (nSPS) is 15.6. The minimum atomic E-state index is -0.905. The van der Waals surface area contributed by atoms with Crippen molar-refractivity contribution in [1.82, 2.24) is 9.55 Å². The summed E-state index contributed by atoms with van der Waals surface area (Å²) >= 11 is 0. The van der Waals surface area contributed by atoms with Crippen LogP contribution >= 0.6 is 0 Å². The summed E-state index contributed by atoms with van der Waals surface area (Å²) in [5.74, 6) is -3.17. The number of unbranched alkanes of at least 4 members (excludes halogenated alkanes) is 9. The van der Waals surface area contributed by atoms with E-state index in [1.54, 1.807) is 51.5 Å². The smallest absolute Gasteiger partial charge is 0.336 e. The number of nitrogens with zero attached hydrogens (tertiary/aromatic N) is 4. The molecule has 2 aromatic carbocycles. The van der Waals surface area contributed by atoms with Gasteiger partial charge < -0.3 is 18.8 Å². The predicted octanol–water partition coefficient (Wildman–Crippen LogP) is 8.55. The maximum atomic E-state index is 13.4. The minimum absolute atomic E-state index is 0.135. The number of esters is 3. The summed E-state index contributed by atoms with van der Waals surface area (Å²) < 4.78 is 18.3. The van der Waals surface area contributed by atoms with Crippen LogP contribution in [0.5, 0.6) is 0 Å². The lowest BCUT2D eigenvalue weighted by atomic mass is 9.75. The van der Waals surface area contributed by atoms with E-state index in [2.05, 4.69) is 9.98 Å². The average Bonchev–Trinajstić information content (AvgIpc) is 3.67. The third-order valence-corrected chi connectivity index (χ3v) is 9.36. The molecule has 1 aromatic heterocycles. The van der Waals surface area contributed by atoms with Gasteiger partial charge in [0.15, 0.2) is 0 Å². The van der Waals surface area contributed by atoms with Crippen molar-refractivity contribution in [2.24, 2.45) is 10.9 Å². The second-order valence-corrected chi connectivity index (χ2v) is 13.5. The van der Waals surface area contributed by atoms with E-state index in [-0.39, 0.29) is 30.4 Å². The van der Waals surface area contributed by atoms with E-state index >= 15 is 0 Å². The number of carbonyl (C=O) groups is 3. The Morgan fingerprint density at radius 1 is 0.870 bits per heavy atom. The number of hydrogen-bond acceptors (Lipinski definition) is 10. The van der Waals surface area contributed by atoms with Gasteiger partial charge in [-0.15, -0.1) is 0 Å². The van der Waals surface area contributed by atoms with Gasteiger partial charge in [-0.05, 0) is 56.4 Å². The number of ether oxygens (including phenoxy) is 3. The molecule has 1 aliphatic heterocycles. The molecule has 288 valence electrons. The number of non-ortho nitro benzene ring substituents is 1. The van der Waals surface area contributed by atoms with E-state index in [1.807, 2.05) is 35.0 Å². The zero-order valence-corrected chi connectivity index (χ0v) is 31.6. The standard InChI is InChI=1S/C42H52N4O8/c1-4-52-41(48)38-31(2)44-32(3)39(40(38)35-16-15-17-36(28-35)46(50)51)42(49)54-27-14-12-10-8-6-5-7-9-11-13-26-53-37(47)23-22-33-18-20-34(21-19-33)29-45-25-24-43-30-45/h15-25,28,30,38,40H,4-14,26-27,29H2,1-3H3. The predicted molar refractivity (Wildman–Crippen MR) is 207 cm³/mol. The topological polar surface area (TPSA) is 152 Å². The Morgan fingerprint density at radius 3 is 2.13 bits per heavy atom. The number of aromatic nitrogens is 2. The monoisotopic (exact) mass is 740 g/mol. The number of allylic oxidation sites excluding steroid dienone is 1. The van der Waals surface area contributed by atoms with Gasteiger partial charge in [0.05, 0.1) is 36.6 Å². The lowest BCUT2D eigenvalue weighted by Crippen LogP contribution is -2.36. The molecule has 3 aromatic rings. The van der Waals surface area contributed by atoms with Gasteiger partial charge in [-0.3, -0.25) is 19.9 Å². The quantitative estimate of drug-likeness (QED) is 0.0246. The van der Waals surface area contributed by atoms with Crippen LogP contribution in [0.2, 0.25) is 0 Å². The second kappa shape index (κ2) is 22.0. The molecule has 0 spiro atoms. The molecular weight excluding hydrogens is 688 g/mol. The number of carbonyl (C=O) groups excluding carboxylic acids is 3. The van der Waals surface area contributed by atoms with Crippen molar-refractivity contribution < 1.29 is 33.5 Å². The van der Waals surface area contributed by atoms with Crippen molar-refractivity contribution >= 4 is 35.4 Å². The van der Waals surface area contributed by atoms with Gasteiger partial charge in [-0.1, -0.05) is 87.8 Å². The van der Waals surface area contributed by atoms with Crippen molar-refractivity contribution in [3.63, 3.8) is 0 Å². The third kappa shape index (κ3) is 12.9. The molecule has 54 heavy (non-hydrogen) atoms. The number of benzene rings is 2. The highest BCUT2D eigenvalue weighted by molar-refractivity contribution is 6.07. The number of hydrogen-bond donors (Lipinski definition) is 0. The van der Waals surface area contributed by atoms with Crippen LogP contribution in [0.25, 0.3) is 6.08 Å². The number of rotatable bonds is 22. The molecule has 2 unspecified atom stereocenters. The summed E-state index contributed by atoms with van der Waals surface area (Å²) in [4.78, 5) is 58.1. The van der Waals surface area contributed by atoms with E-state index < -0.39 is 28.7 Å². The first-order chi connectivity index (χ1) is 26.2. The van der Waals surface area contributed by atoms with E-state index in [0.717, 1.165) is 75.5 Å². The van der Waals surface area contributed by atoms with Crippen LogP contribution in [0.15, 0.2) is 89.6 Å². The fourth-order valence-electron chi connectivity index (χ4n) is 6.60. The molecule has 0 N–H and O–H groups in total. The molecule has 0 radical (unpaired) electrons. The molecule has 0 bridgehead atoms. The Kier molecular flexibility index (Phi) is 16.8. The van der Waals surface area contributed by atoms with Crippen molar-refractivity contribution in [3.05, 3.63) is 111 Å². The van der Waals surface area contributed by atoms with E-state index in [0.29, 0.717) is 30.0 Å². The summed E-state index contributed by atoms with van der Waals surface area (Å²) in [5, 5.41) is 11.5. The van der Waals surface area contributed by atoms with Crippen molar-refractivity contribution in [2.75, 3.05) is 19.8 Å². The van der Waals surface area contributed by atoms with Crippen molar-refractivity contribution in [2.45, 2.75) is 97.4 Å². The average molecular weight is 741 g/mol. The molecular formula is C42H52N4O8. The van der Waals surface area contributed by atoms with Gasteiger partial charge in [-0.25, -0.2) is 14.6 Å². The van der Waals surface area contributed by atoms with Gasteiger partial charge >= 0.3 is 17.9 Å². The zero-order valence-electron chi connectivity index (χ0n) is 31.6. The van der Waals surface area contributed by atoms with E-state index in [9.17, 15) is 24.5 Å². The SMILES string of the molecule is CCOC(=O)C1C(C)=NC(C)=C(C(=O)OCCCCCCCCCCCCOC(=O)C=Cc2ccc(Cn3ccnc3)cc2)C1c1cccc([N+](=O)[O-])c1. The van der Waals surface area contributed by atoms with Crippen molar-refractivity contribution in [3.8, 4) is 0 Å². The molecule has 4 rings (SSSR count). The number of nitro groups is 1. The summed E-state index contributed by atoms with van der Waals surface area (Å²) in [6, 6.07) is 14.0. The van der Waals surface area contributed by atoms with Crippen LogP contribution < -0.4 is 0 Å². The maximum absolute atomic E-state index is 13.4. The lowest BCUT2D eigenvalue weighted by Gasteiger charge is -2.31. The van der Waals surface area contributed by atoms with Crippen LogP contribution in [-0.4, -0.2) is 57.9 Å². The Bertz CT molecular complexity index is 1780. The first kappa shape index (κ1) is 41.4. The molecule has 12 nitrogen and oxygen atoms in total. The van der Waals surface area contributed by atoms with Crippen LogP contribution in [0.3, 0.4) is 0 Å². The zero-order chi connectivity index (χ0) is 38.7. The Labute approximate surface area is 317 Å². The molecule has 0 amide bonds. The third-order valence-electron chi connectivity index (χ3n) is 9.36. The number of imidazole rings is 1. The maximum Gasteiger partial charge on any atom is 0.336 e. The summed E-state index contributed by atoms with van der Waals surface area (Å²) in [6.07, 6.45) is 18.8. The highest BCUT2D eigenvalue weighted by Gasteiger charge is 2.42. The summed E-state index contributed by atoms with van der Waals surface area (Å²) in [7, 11) is 0. The Balaban J connectivity index is 1.07. The van der Waals surface area contributed by atoms with Crippen LogP contribution in [-0.2, 0) is 35.1 Å². The highest BCUT2D eigenvalue weighted by atomic mass is 16.6. The first-order valence-electron chi connectivity index (χ1n) is 18.9. The Morgan fingerprint density at radius 2 is 1.52 bits per heavy atom. The van der Waals surface area contributed by atoms with E-state index in [1.165, 1.54) is 18.2 Å². The molecule has 1 aliphatic rings. The van der Waals surface area contributed by atoms with Gasteiger partial charge in [0.2, 0.25) is 0 Å². The lowest BCUT2D eigenvalue weighted by molar-refractivity contribution is -0.384. The van der Waals surface area contributed by atoms with Crippen LogP contribution in [0.4, 0.5) is 5.69 Å². The largest absolute Gasteiger partial charge is 0.465 e. The minimum Gasteiger partial charge on any atom is -0.465 e. The Hall–Kier alpha value is -5.39. The molecule has 2 heterocycles. The second-order valence-electron chi connectivity index (χ2n) is 13.5. The number of nitro benzene ring substituents is 1. The summed E-state index contributed by atoms with van der Waals surface area (Å²) in [6.45, 7) is 6.63. The molecule has 0 aliphatic carbocycles. The number of aliphatic imine (C=N–C) groups is 1. The van der Waals surface area contributed by atoms with Crippen molar-refractivity contribution in [1.29, 1.82) is 0 Å². The molecule has 0 saturated carbocycles. The van der Waals surface area contributed by atoms with Gasteiger partial charge in [0.25, 0.3) is 5.69 Å². The van der Waals surface area contributed by atoms with Gasteiger partial charge in [0, 0.05) is 54.5 Å². The highest BCUT2D eigenvalue weighted by Crippen LogP contribution is 2.41. The molecule has 12 heteroatoms. The summed E-state index contributed by atoms with van der Waals surface area (Å²) in [5.41, 5.74) is 3.53. The molecule has 0 saturated heterocycles. The fraction of sp³-hybridized carbons (Fsp3) is 0.452. The van der Waals surface area contributed by atoms with Gasteiger partial charge in [-0.2, -0.15) is 0 Å². The van der Waals surface area contributed by atoms with E-state index in [4.69, 9.17) is 14.2 Å². The first-order valence-corrected chi connectivity index (χ1v) is 18.9. The van der Waals surface area contributed by atoms with Gasteiger partial charge in [0.1, 0.15) is 5.92 Å². The van der Waals surface area contributed by atoms with Crippen LogP contribution in [0, 0.1) is 16.0 Å². The molecule has 0 fully saturated rings. The molecule has 2 atom stereocenters.